The fourth-order valence-corrected chi connectivity index (χ4v) is 1.55. The van der Waals surface area contributed by atoms with Gasteiger partial charge in [0, 0.05) is 19.3 Å². The van der Waals surface area contributed by atoms with E-state index >= 15 is 0 Å². The molecular formula is C10H16F2O2. The Labute approximate surface area is 82.6 Å². The number of carbonyl (C=O) groups is 1. The summed E-state index contributed by atoms with van der Waals surface area (Å²) in [6.45, 7) is 5.29. The Hall–Kier alpha value is -0.670. The summed E-state index contributed by atoms with van der Waals surface area (Å²) in [6.07, 6.45) is -0.231. The molecule has 0 unspecified atom stereocenters. The van der Waals surface area contributed by atoms with Crippen LogP contribution in [-0.2, 0) is 9.53 Å². The maximum absolute atomic E-state index is 12.4. The number of hydrogen-bond acceptors (Lipinski definition) is 2. The Balaban J connectivity index is 2.24. The van der Waals surface area contributed by atoms with Crippen LogP contribution in [-0.4, -0.2) is 17.5 Å². The molecule has 1 saturated carbocycles. The average molecular weight is 206 g/mol. The number of halogens is 2. The van der Waals surface area contributed by atoms with Gasteiger partial charge in [-0.15, -0.1) is 0 Å². The molecule has 0 bridgehead atoms. The standard InChI is InChI=1S/C10H16F2O2/c1-9(2,3)14-8(13)4-7-5-10(11,12)6-7/h7H,4-6H2,1-3H3. The number of carbonyl (C=O) groups excluding carboxylic acids is 1. The van der Waals surface area contributed by atoms with Gasteiger partial charge in [0.2, 0.25) is 5.92 Å². The number of esters is 1. The van der Waals surface area contributed by atoms with E-state index in [1.807, 2.05) is 0 Å². The van der Waals surface area contributed by atoms with Crippen LogP contribution >= 0.6 is 0 Å². The molecular weight excluding hydrogens is 190 g/mol. The van der Waals surface area contributed by atoms with Gasteiger partial charge in [-0.25, -0.2) is 8.78 Å². The molecule has 0 radical (unpaired) electrons. The minimum Gasteiger partial charge on any atom is -0.460 e. The van der Waals surface area contributed by atoms with Gasteiger partial charge in [0.05, 0.1) is 0 Å². The molecule has 0 amide bonds. The van der Waals surface area contributed by atoms with Crippen LogP contribution in [0.5, 0.6) is 0 Å². The van der Waals surface area contributed by atoms with Crippen LogP contribution in [0.15, 0.2) is 0 Å². The van der Waals surface area contributed by atoms with Crippen molar-refractivity contribution in [2.24, 2.45) is 5.92 Å². The molecule has 14 heavy (non-hydrogen) atoms. The monoisotopic (exact) mass is 206 g/mol. The van der Waals surface area contributed by atoms with Crippen LogP contribution in [0.3, 0.4) is 0 Å². The van der Waals surface area contributed by atoms with Crippen LogP contribution < -0.4 is 0 Å². The van der Waals surface area contributed by atoms with Crippen molar-refractivity contribution in [1.29, 1.82) is 0 Å². The summed E-state index contributed by atoms with van der Waals surface area (Å²) in [5, 5.41) is 0. The third kappa shape index (κ3) is 3.60. The van der Waals surface area contributed by atoms with E-state index in [9.17, 15) is 13.6 Å². The molecule has 0 saturated heterocycles. The van der Waals surface area contributed by atoms with E-state index in [-0.39, 0.29) is 31.1 Å². The summed E-state index contributed by atoms with van der Waals surface area (Å²) in [7, 11) is 0. The smallest absolute Gasteiger partial charge is 0.306 e. The quantitative estimate of drug-likeness (QED) is 0.649. The van der Waals surface area contributed by atoms with Crippen LogP contribution in [0.2, 0.25) is 0 Å². The molecule has 82 valence electrons. The number of rotatable bonds is 2. The van der Waals surface area contributed by atoms with Gasteiger partial charge in [0.15, 0.2) is 0 Å². The largest absolute Gasteiger partial charge is 0.460 e. The van der Waals surface area contributed by atoms with E-state index in [1.165, 1.54) is 0 Å². The first-order chi connectivity index (χ1) is 6.18. The third-order valence-corrected chi connectivity index (χ3v) is 2.05. The van der Waals surface area contributed by atoms with Gasteiger partial charge >= 0.3 is 5.97 Å². The third-order valence-electron chi connectivity index (χ3n) is 2.05. The lowest BCUT2D eigenvalue weighted by Crippen LogP contribution is -2.37. The van der Waals surface area contributed by atoms with E-state index < -0.39 is 11.5 Å². The molecule has 1 aliphatic carbocycles. The van der Waals surface area contributed by atoms with E-state index in [4.69, 9.17) is 4.74 Å². The first-order valence-corrected chi connectivity index (χ1v) is 4.78. The van der Waals surface area contributed by atoms with Gasteiger partial charge in [-0.1, -0.05) is 0 Å². The second-order valence-electron chi connectivity index (χ2n) is 4.92. The molecule has 2 nitrogen and oxygen atoms in total. The highest BCUT2D eigenvalue weighted by atomic mass is 19.3. The molecule has 1 aliphatic rings. The summed E-state index contributed by atoms with van der Waals surface area (Å²) >= 11 is 0. The molecule has 1 rings (SSSR count). The Bertz CT molecular complexity index is 223. The van der Waals surface area contributed by atoms with E-state index in [0.717, 1.165) is 0 Å². The Morgan fingerprint density at radius 1 is 1.43 bits per heavy atom. The van der Waals surface area contributed by atoms with Crippen molar-refractivity contribution in [1.82, 2.24) is 0 Å². The zero-order chi connectivity index (χ0) is 11.0. The fraction of sp³-hybridized carbons (Fsp3) is 0.900. The second-order valence-corrected chi connectivity index (χ2v) is 4.92. The minimum absolute atomic E-state index is 0.118. The Morgan fingerprint density at radius 3 is 2.29 bits per heavy atom. The normalized spacial score (nSPS) is 21.5. The van der Waals surface area contributed by atoms with E-state index in [0.29, 0.717) is 0 Å². The molecule has 0 spiro atoms. The molecule has 0 aromatic rings. The second kappa shape index (κ2) is 3.48. The molecule has 1 fully saturated rings. The average Bonchev–Trinajstić information content (AvgIpc) is 1.76. The van der Waals surface area contributed by atoms with Gasteiger partial charge in [0.1, 0.15) is 5.60 Å². The Morgan fingerprint density at radius 2 is 1.93 bits per heavy atom. The van der Waals surface area contributed by atoms with Crippen molar-refractivity contribution in [2.45, 2.75) is 51.6 Å². The van der Waals surface area contributed by atoms with Crippen molar-refractivity contribution in [3.8, 4) is 0 Å². The van der Waals surface area contributed by atoms with Crippen LogP contribution in [0.25, 0.3) is 0 Å². The summed E-state index contributed by atoms with van der Waals surface area (Å²) in [5.41, 5.74) is -0.524. The number of ether oxygens (including phenoxy) is 1. The number of alkyl halides is 2. The van der Waals surface area contributed by atoms with Crippen LogP contribution in [0.1, 0.15) is 40.0 Å². The summed E-state index contributed by atoms with van der Waals surface area (Å²) in [4.78, 5) is 11.2. The Kier molecular flexibility index (Phi) is 2.83. The summed E-state index contributed by atoms with van der Waals surface area (Å²) in [5.74, 6) is -3.12. The van der Waals surface area contributed by atoms with Gasteiger partial charge in [-0.2, -0.15) is 0 Å². The van der Waals surface area contributed by atoms with Gasteiger partial charge < -0.3 is 4.74 Å². The van der Waals surface area contributed by atoms with Crippen LogP contribution in [0, 0.1) is 5.92 Å². The van der Waals surface area contributed by atoms with Crippen molar-refractivity contribution < 1.29 is 18.3 Å². The maximum atomic E-state index is 12.4. The van der Waals surface area contributed by atoms with Crippen LogP contribution in [0.4, 0.5) is 8.78 Å². The zero-order valence-electron chi connectivity index (χ0n) is 8.77. The highest BCUT2D eigenvalue weighted by Crippen LogP contribution is 2.44. The molecule has 4 heteroatoms. The van der Waals surface area contributed by atoms with Gasteiger partial charge in [-0.05, 0) is 26.7 Å². The molecule has 0 heterocycles. The highest BCUT2D eigenvalue weighted by Gasteiger charge is 2.46. The summed E-state index contributed by atoms with van der Waals surface area (Å²) < 4.78 is 29.9. The molecule has 0 N–H and O–H groups in total. The van der Waals surface area contributed by atoms with E-state index in [2.05, 4.69) is 0 Å². The molecule has 0 aliphatic heterocycles. The molecule has 0 aromatic heterocycles. The van der Waals surface area contributed by atoms with E-state index in [1.54, 1.807) is 20.8 Å². The first kappa shape index (κ1) is 11.4. The predicted octanol–water partition coefficient (Wildman–Crippen LogP) is 2.76. The molecule has 0 atom stereocenters. The number of hydrogen-bond donors (Lipinski definition) is 0. The first-order valence-electron chi connectivity index (χ1n) is 4.78. The van der Waals surface area contributed by atoms with Gasteiger partial charge in [0.25, 0.3) is 0 Å². The lowest BCUT2D eigenvalue weighted by atomic mass is 9.79. The maximum Gasteiger partial charge on any atom is 0.306 e. The van der Waals surface area contributed by atoms with Crippen molar-refractivity contribution in [3.05, 3.63) is 0 Å². The van der Waals surface area contributed by atoms with Crippen molar-refractivity contribution in [3.63, 3.8) is 0 Å². The van der Waals surface area contributed by atoms with Crippen molar-refractivity contribution >= 4 is 5.97 Å². The lowest BCUT2D eigenvalue weighted by molar-refractivity contribution is -0.162. The topological polar surface area (TPSA) is 26.3 Å². The predicted molar refractivity (Wildman–Crippen MR) is 48.1 cm³/mol. The fourth-order valence-electron chi connectivity index (χ4n) is 1.55. The summed E-state index contributed by atoms with van der Waals surface area (Å²) in [6, 6.07) is 0. The molecule has 0 aromatic carbocycles. The van der Waals surface area contributed by atoms with Gasteiger partial charge in [-0.3, -0.25) is 4.79 Å². The lowest BCUT2D eigenvalue weighted by Gasteiger charge is -2.34. The van der Waals surface area contributed by atoms with Crippen molar-refractivity contribution in [2.75, 3.05) is 0 Å². The SMILES string of the molecule is CC(C)(C)OC(=O)CC1CC(F)(F)C1. The zero-order valence-corrected chi connectivity index (χ0v) is 8.77. The highest BCUT2D eigenvalue weighted by molar-refractivity contribution is 5.70. The minimum atomic E-state index is -2.55.